The molecule has 1 fully saturated rings. The summed E-state index contributed by atoms with van der Waals surface area (Å²) < 4.78 is 49.8. The van der Waals surface area contributed by atoms with Crippen LogP contribution < -0.4 is 16.0 Å². The van der Waals surface area contributed by atoms with Crippen molar-refractivity contribution in [2.45, 2.75) is 38.7 Å². The van der Waals surface area contributed by atoms with Gasteiger partial charge in [0.25, 0.3) is 5.56 Å². The van der Waals surface area contributed by atoms with Crippen molar-refractivity contribution in [1.82, 2.24) is 19.5 Å². The predicted molar refractivity (Wildman–Crippen MR) is 105 cm³/mol. The Morgan fingerprint density at radius 3 is 2.87 bits per heavy atom. The van der Waals surface area contributed by atoms with Gasteiger partial charge in [0, 0.05) is 12.3 Å². The Morgan fingerprint density at radius 2 is 2.26 bits per heavy atom. The maximum absolute atomic E-state index is 12.3. The second-order valence-electron chi connectivity index (χ2n) is 6.97. The Balaban J connectivity index is 1.95. The van der Waals surface area contributed by atoms with Gasteiger partial charge in [0.2, 0.25) is 11.9 Å². The van der Waals surface area contributed by atoms with Crippen molar-refractivity contribution in [2.75, 3.05) is 11.9 Å². The van der Waals surface area contributed by atoms with E-state index in [0.29, 0.717) is 0 Å². The maximum atomic E-state index is 12.3. The summed E-state index contributed by atoms with van der Waals surface area (Å²) >= 11 is 0. The van der Waals surface area contributed by atoms with Crippen molar-refractivity contribution in [3.63, 3.8) is 0 Å². The normalized spacial score (nSPS) is 22.8. The lowest BCUT2D eigenvalue weighted by atomic mass is 10.2. The molecular weight excluding hydrogens is 459 g/mol. The number of carbonyl (C=O) groups excluding carboxylic acids is 1. The summed E-state index contributed by atoms with van der Waals surface area (Å²) in [6, 6.07) is 0. The zero-order valence-electron chi connectivity index (χ0n) is 16.3. The smallest absolute Gasteiger partial charge is 0.333 e. The van der Waals surface area contributed by atoms with Gasteiger partial charge in [-0.3, -0.25) is 33.2 Å². The molecule has 0 radical (unpaired) electrons. The van der Waals surface area contributed by atoms with Gasteiger partial charge in [0.15, 0.2) is 17.4 Å². The van der Waals surface area contributed by atoms with Gasteiger partial charge >= 0.3 is 18.6 Å². The lowest BCUT2D eigenvalue weighted by Gasteiger charge is -2.19. The second-order valence-corrected chi connectivity index (χ2v) is 8.96. The van der Waals surface area contributed by atoms with E-state index in [4.69, 9.17) is 14.4 Å². The number of amides is 1. The number of aromatic amines is 1. The van der Waals surface area contributed by atoms with Crippen molar-refractivity contribution >= 4 is 41.6 Å². The van der Waals surface area contributed by atoms with E-state index < -0.39 is 49.2 Å². The summed E-state index contributed by atoms with van der Waals surface area (Å²) in [5.74, 6) is -0.882. The minimum atomic E-state index is -4.23. The van der Waals surface area contributed by atoms with E-state index in [0.717, 1.165) is 0 Å². The molecule has 5 N–H and O–H groups in total. The lowest BCUT2D eigenvalue weighted by Crippen LogP contribution is -2.24. The SMILES string of the molecule is CC(C)C(=O)Nc1nc2c(ncn2[C@@H]2OC(COS(N)(=O)=O)C[C@H]2O[PH](=O)O)c(=O)[nH]1. The molecule has 3 rings (SSSR count). The topological polar surface area (TPSA) is 218 Å². The number of carbonyl (C=O) groups is 1. The van der Waals surface area contributed by atoms with Crippen LogP contribution in [-0.4, -0.2) is 57.6 Å². The van der Waals surface area contributed by atoms with E-state index in [1.165, 1.54) is 10.9 Å². The van der Waals surface area contributed by atoms with Crippen molar-refractivity contribution in [3.8, 4) is 0 Å². The molecule has 0 saturated carbocycles. The van der Waals surface area contributed by atoms with Crippen LogP contribution in [-0.2, 0) is 33.1 Å². The Hall–Kier alpha value is -2.20. The van der Waals surface area contributed by atoms with Crippen molar-refractivity contribution in [1.29, 1.82) is 0 Å². The van der Waals surface area contributed by atoms with Gasteiger partial charge in [-0.25, -0.2) is 10.1 Å². The molecule has 1 amide bonds. The molecule has 2 aromatic rings. The highest BCUT2D eigenvalue weighted by Crippen LogP contribution is 2.37. The van der Waals surface area contributed by atoms with Gasteiger partial charge in [-0.2, -0.15) is 13.4 Å². The third-order valence-electron chi connectivity index (χ3n) is 4.29. The van der Waals surface area contributed by atoms with Crippen LogP contribution in [0.4, 0.5) is 5.95 Å². The molecule has 3 heterocycles. The van der Waals surface area contributed by atoms with E-state index in [-0.39, 0.29) is 35.4 Å². The maximum Gasteiger partial charge on any atom is 0.333 e. The number of nitrogens with one attached hydrogen (secondary N) is 2. The number of ether oxygens (including phenoxy) is 1. The molecule has 0 aromatic carbocycles. The third kappa shape index (κ3) is 5.74. The average molecular weight is 480 g/mol. The third-order valence-corrected chi connectivity index (χ3v) is 5.26. The van der Waals surface area contributed by atoms with E-state index in [1.807, 2.05) is 0 Å². The second kappa shape index (κ2) is 9.12. The van der Waals surface area contributed by atoms with Gasteiger partial charge in [-0.1, -0.05) is 13.8 Å². The van der Waals surface area contributed by atoms with Gasteiger partial charge in [-0.15, -0.1) is 0 Å². The van der Waals surface area contributed by atoms with Crippen LogP contribution in [0.5, 0.6) is 0 Å². The number of anilines is 1. The molecule has 1 saturated heterocycles. The van der Waals surface area contributed by atoms with Crippen molar-refractivity contribution in [3.05, 3.63) is 16.7 Å². The largest absolute Gasteiger partial charge is 0.349 e. The molecule has 1 aliphatic rings. The number of fused-ring (bicyclic) bond motifs is 1. The predicted octanol–water partition coefficient (Wildman–Crippen LogP) is -1.01. The molecule has 2 aromatic heterocycles. The Bertz CT molecular complexity index is 1160. The molecule has 172 valence electrons. The number of rotatable bonds is 8. The Labute approximate surface area is 176 Å². The molecule has 4 atom stereocenters. The summed E-state index contributed by atoms with van der Waals surface area (Å²) in [5, 5.41) is 7.27. The first-order valence-electron chi connectivity index (χ1n) is 8.94. The molecule has 0 bridgehead atoms. The standard InChI is InChI=1S/C14H21N6O9PS/c1-6(2)11(21)18-14-17-10-9(12(22)19-14)16-5-20(10)13-8(29-30(23)24)3-7(28-13)4-27-31(15,25)26/h5-8,13,30H,3-4H2,1-2H3,(H,23,24)(H2,15,25,26)(H2,17,18,19,21,22)/t7?,8-,13-/m1/s1. The molecule has 17 heteroatoms. The number of imidazole rings is 1. The Kier molecular flexibility index (Phi) is 6.90. The first-order valence-corrected chi connectivity index (χ1v) is 11.7. The fourth-order valence-corrected chi connectivity index (χ4v) is 3.72. The number of nitrogens with two attached hydrogens (primary N) is 1. The van der Waals surface area contributed by atoms with Crippen molar-refractivity contribution < 1.29 is 36.1 Å². The number of aromatic nitrogens is 4. The van der Waals surface area contributed by atoms with Crippen LogP contribution >= 0.6 is 8.25 Å². The summed E-state index contributed by atoms with van der Waals surface area (Å²) in [6.07, 6.45) is -1.79. The highest BCUT2D eigenvalue weighted by molar-refractivity contribution is 7.84. The van der Waals surface area contributed by atoms with Gasteiger partial charge < -0.3 is 14.2 Å². The van der Waals surface area contributed by atoms with E-state index in [9.17, 15) is 27.5 Å². The van der Waals surface area contributed by atoms with E-state index in [2.05, 4.69) is 24.5 Å². The van der Waals surface area contributed by atoms with Crippen LogP contribution in [0.1, 0.15) is 26.5 Å². The van der Waals surface area contributed by atoms with Crippen molar-refractivity contribution in [2.24, 2.45) is 11.1 Å². The molecule has 2 unspecified atom stereocenters. The summed E-state index contributed by atoms with van der Waals surface area (Å²) in [5.41, 5.74) is -0.707. The minimum Gasteiger partial charge on any atom is -0.349 e. The Morgan fingerprint density at radius 1 is 1.55 bits per heavy atom. The zero-order valence-corrected chi connectivity index (χ0v) is 18.2. The minimum absolute atomic E-state index is 0.00651. The monoisotopic (exact) mass is 480 g/mol. The molecule has 0 spiro atoms. The molecule has 31 heavy (non-hydrogen) atoms. The summed E-state index contributed by atoms with van der Waals surface area (Å²) in [7, 11) is -7.62. The molecule has 15 nitrogen and oxygen atoms in total. The highest BCUT2D eigenvalue weighted by Gasteiger charge is 2.40. The number of H-pyrrole nitrogens is 1. The highest BCUT2D eigenvalue weighted by atomic mass is 32.2. The quantitative estimate of drug-likeness (QED) is 0.335. The summed E-state index contributed by atoms with van der Waals surface area (Å²) in [4.78, 5) is 44.0. The molecular formula is C14H21N6O9PS. The van der Waals surface area contributed by atoms with Crippen LogP contribution in [0.25, 0.3) is 11.2 Å². The van der Waals surface area contributed by atoms with Crippen LogP contribution in [0.3, 0.4) is 0 Å². The van der Waals surface area contributed by atoms with Gasteiger partial charge in [-0.05, 0) is 0 Å². The number of hydrogen-bond donors (Lipinski definition) is 4. The van der Waals surface area contributed by atoms with E-state index >= 15 is 0 Å². The van der Waals surface area contributed by atoms with Crippen LogP contribution in [0.15, 0.2) is 11.1 Å². The van der Waals surface area contributed by atoms with Gasteiger partial charge in [0.1, 0.15) is 6.10 Å². The molecule has 1 aliphatic heterocycles. The first-order chi connectivity index (χ1) is 14.4. The summed E-state index contributed by atoms with van der Waals surface area (Å²) in [6.45, 7) is 2.86. The van der Waals surface area contributed by atoms with Gasteiger partial charge in [0.05, 0.1) is 19.0 Å². The fraction of sp³-hybridized carbons (Fsp3) is 0.571. The zero-order chi connectivity index (χ0) is 22.9. The van der Waals surface area contributed by atoms with E-state index in [1.54, 1.807) is 13.8 Å². The average Bonchev–Trinajstić information content (AvgIpc) is 3.22. The van der Waals surface area contributed by atoms with Crippen LogP contribution in [0, 0.1) is 5.92 Å². The fourth-order valence-electron chi connectivity index (χ4n) is 2.91. The lowest BCUT2D eigenvalue weighted by molar-refractivity contribution is -0.118. The molecule has 0 aliphatic carbocycles. The number of hydrogen-bond acceptors (Lipinski definition) is 10. The number of nitrogens with zero attached hydrogens (tertiary/aromatic N) is 3. The van der Waals surface area contributed by atoms with Crippen LogP contribution in [0.2, 0.25) is 0 Å². The first kappa shape index (κ1) is 23.5.